The van der Waals surface area contributed by atoms with Crippen molar-refractivity contribution in [3.8, 4) is 16.9 Å². The minimum atomic E-state index is -0.315. The van der Waals surface area contributed by atoms with E-state index in [-0.39, 0.29) is 18.4 Å². The Kier molecular flexibility index (Phi) is 5.47. The number of carbonyl (C=O) groups excluding carboxylic acids is 1. The van der Waals surface area contributed by atoms with Gasteiger partial charge in [-0.05, 0) is 19.1 Å². The first-order valence-electron chi connectivity index (χ1n) is 9.38. The molecule has 2 N–H and O–H groups in total. The van der Waals surface area contributed by atoms with Crippen LogP contribution in [-0.4, -0.2) is 44.3 Å². The van der Waals surface area contributed by atoms with Gasteiger partial charge >= 0.3 is 0 Å². The zero-order valence-electron chi connectivity index (χ0n) is 16.8. The Labute approximate surface area is 177 Å². The van der Waals surface area contributed by atoms with Crippen LogP contribution in [0.25, 0.3) is 16.1 Å². The highest BCUT2D eigenvalue weighted by Crippen LogP contribution is 2.33. The van der Waals surface area contributed by atoms with Crippen LogP contribution in [0.5, 0.6) is 5.75 Å². The number of fused-ring (bicyclic) bond motifs is 1. The van der Waals surface area contributed by atoms with E-state index in [9.17, 15) is 9.90 Å². The number of ether oxygens (including phenoxy) is 1. The predicted molar refractivity (Wildman–Crippen MR) is 115 cm³/mol. The van der Waals surface area contributed by atoms with E-state index >= 15 is 0 Å². The molecule has 0 radical (unpaired) electrons. The second-order valence-corrected chi connectivity index (χ2v) is 7.87. The maximum absolute atomic E-state index is 13.1. The number of aliphatic hydroxyl groups is 1. The zero-order chi connectivity index (χ0) is 21.3. The molecule has 0 aliphatic heterocycles. The number of anilines is 1. The smallest absolute Gasteiger partial charge is 0.259 e. The molecule has 1 amide bonds. The van der Waals surface area contributed by atoms with Gasteiger partial charge in [-0.25, -0.2) is 9.50 Å². The van der Waals surface area contributed by atoms with Crippen molar-refractivity contribution in [1.82, 2.24) is 19.6 Å². The van der Waals surface area contributed by atoms with Crippen LogP contribution >= 0.6 is 11.3 Å². The molecule has 0 aliphatic rings. The van der Waals surface area contributed by atoms with E-state index in [0.29, 0.717) is 21.4 Å². The first-order valence-corrected chi connectivity index (χ1v) is 10.2. The van der Waals surface area contributed by atoms with Gasteiger partial charge in [0.25, 0.3) is 5.91 Å². The van der Waals surface area contributed by atoms with Gasteiger partial charge in [0.2, 0.25) is 10.1 Å². The summed E-state index contributed by atoms with van der Waals surface area (Å²) >= 11 is 1.26. The van der Waals surface area contributed by atoms with E-state index in [1.54, 1.807) is 24.0 Å². The van der Waals surface area contributed by atoms with E-state index in [1.807, 2.05) is 44.2 Å². The molecule has 30 heavy (non-hydrogen) atoms. The molecule has 0 fully saturated rings. The molecule has 0 saturated carbocycles. The summed E-state index contributed by atoms with van der Waals surface area (Å²) in [6.07, 6.45) is 3.32. The van der Waals surface area contributed by atoms with Crippen LogP contribution in [0.4, 0.5) is 5.13 Å². The lowest BCUT2D eigenvalue weighted by atomic mass is 9.99. The molecule has 1 aromatic carbocycles. The first-order chi connectivity index (χ1) is 14.5. The van der Waals surface area contributed by atoms with Crippen molar-refractivity contribution in [1.29, 1.82) is 0 Å². The fourth-order valence-corrected chi connectivity index (χ4v) is 3.88. The highest BCUT2D eigenvalue weighted by atomic mass is 32.1. The zero-order valence-corrected chi connectivity index (χ0v) is 17.6. The van der Waals surface area contributed by atoms with Crippen molar-refractivity contribution < 1.29 is 14.6 Å². The third-order valence-corrected chi connectivity index (χ3v) is 5.58. The second-order valence-electron chi connectivity index (χ2n) is 6.91. The summed E-state index contributed by atoms with van der Waals surface area (Å²) < 4.78 is 7.08. The highest BCUT2D eigenvalue weighted by Gasteiger charge is 2.19. The monoisotopic (exact) mass is 423 g/mol. The Morgan fingerprint density at radius 3 is 2.87 bits per heavy atom. The topological polar surface area (TPSA) is 102 Å². The van der Waals surface area contributed by atoms with Crippen molar-refractivity contribution in [2.75, 3.05) is 19.0 Å². The number of para-hydroxylation sites is 1. The predicted octanol–water partition coefficient (Wildman–Crippen LogP) is 3.52. The summed E-state index contributed by atoms with van der Waals surface area (Å²) in [5, 5.41) is 16.9. The first kappa shape index (κ1) is 20.0. The largest absolute Gasteiger partial charge is 0.496 e. The number of hydrogen-bond acceptors (Lipinski definition) is 7. The van der Waals surface area contributed by atoms with E-state index in [4.69, 9.17) is 4.74 Å². The van der Waals surface area contributed by atoms with Gasteiger partial charge in [0, 0.05) is 28.9 Å². The Hall–Kier alpha value is -3.30. The summed E-state index contributed by atoms with van der Waals surface area (Å²) in [5.74, 6) is 0.291. The van der Waals surface area contributed by atoms with Crippen molar-refractivity contribution in [2.24, 2.45) is 0 Å². The molecule has 0 unspecified atom stereocenters. The Balaban J connectivity index is 1.65. The number of nitrogens with zero attached hydrogens (tertiary/aromatic N) is 4. The lowest BCUT2D eigenvalue weighted by Gasteiger charge is -2.13. The quantitative estimate of drug-likeness (QED) is 0.492. The van der Waals surface area contributed by atoms with Gasteiger partial charge < -0.3 is 9.84 Å². The van der Waals surface area contributed by atoms with Crippen LogP contribution in [0, 0.1) is 6.92 Å². The molecule has 0 saturated heterocycles. The highest BCUT2D eigenvalue weighted by molar-refractivity contribution is 7.20. The fraction of sp³-hybridized carbons (Fsp3) is 0.238. The molecule has 4 rings (SSSR count). The van der Waals surface area contributed by atoms with Crippen molar-refractivity contribution in [2.45, 2.75) is 19.8 Å². The number of methoxy groups -OCH3 is 1. The minimum Gasteiger partial charge on any atom is -0.496 e. The lowest BCUT2D eigenvalue weighted by Crippen LogP contribution is -2.14. The van der Waals surface area contributed by atoms with E-state index in [0.717, 1.165) is 22.5 Å². The van der Waals surface area contributed by atoms with E-state index in [2.05, 4.69) is 20.4 Å². The van der Waals surface area contributed by atoms with E-state index < -0.39 is 0 Å². The summed E-state index contributed by atoms with van der Waals surface area (Å²) in [4.78, 5) is 22.5. The molecule has 4 aromatic rings. The molecule has 9 heteroatoms. The SMILES string of the molecule is COc1ccccc1-c1cc(C)ncc1C(=O)Nc1nn2cc([C@@H](C)CO)nc2s1. The normalized spacial score (nSPS) is 12.1. The Bertz CT molecular complexity index is 1190. The average Bonchev–Trinajstić information content (AvgIpc) is 3.31. The molecule has 0 spiro atoms. The lowest BCUT2D eigenvalue weighted by molar-refractivity contribution is 0.102. The maximum atomic E-state index is 13.1. The van der Waals surface area contributed by atoms with Gasteiger partial charge in [0.1, 0.15) is 5.75 Å². The van der Waals surface area contributed by atoms with Gasteiger partial charge in [-0.3, -0.25) is 15.1 Å². The number of aliphatic hydroxyl groups excluding tert-OH is 1. The van der Waals surface area contributed by atoms with Crippen LogP contribution in [0.1, 0.15) is 34.6 Å². The number of hydrogen-bond donors (Lipinski definition) is 2. The second kappa shape index (κ2) is 8.21. The number of imidazole rings is 1. The third kappa shape index (κ3) is 3.77. The average molecular weight is 423 g/mol. The number of pyridine rings is 1. The number of amides is 1. The molecule has 1 atom stereocenters. The number of nitrogens with one attached hydrogen (secondary N) is 1. The van der Waals surface area contributed by atoms with Gasteiger partial charge in [-0.1, -0.05) is 36.5 Å². The van der Waals surface area contributed by atoms with E-state index in [1.165, 1.54) is 11.3 Å². The summed E-state index contributed by atoms with van der Waals surface area (Å²) in [6, 6.07) is 9.41. The molecular weight excluding hydrogens is 402 g/mol. The molecule has 3 heterocycles. The van der Waals surface area contributed by atoms with Gasteiger partial charge in [-0.15, -0.1) is 5.10 Å². The maximum Gasteiger partial charge on any atom is 0.259 e. The number of benzene rings is 1. The van der Waals surface area contributed by atoms with Gasteiger partial charge in [0.05, 0.1) is 31.2 Å². The van der Waals surface area contributed by atoms with Crippen molar-refractivity contribution in [3.05, 3.63) is 59.7 Å². The van der Waals surface area contributed by atoms with Crippen LogP contribution in [0.3, 0.4) is 0 Å². The number of aromatic nitrogens is 4. The van der Waals surface area contributed by atoms with Crippen LogP contribution in [0.15, 0.2) is 42.7 Å². The van der Waals surface area contributed by atoms with Gasteiger partial charge in [-0.2, -0.15) is 0 Å². The van der Waals surface area contributed by atoms with Crippen molar-refractivity contribution in [3.63, 3.8) is 0 Å². The number of carbonyl (C=O) groups is 1. The fourth-order valence-electron chi connectivity index (χ4n) is 3.09. The van der Waals surface area contributed by atoms with Crippen LogP contribution in [0.2, 0.25) is 0 Å². The van der Waals surface area contributed by atoms with Crippen LogP contribution in [-0.2, 0) is 0 Å². The standard InChI is InChI=1S/C21H21N5O3S/c1-12(11-27)17-10-26-21(23-17)30-20(25-26)24-19(28)16-9-22-13(2)8-15(16)14-6-4-5-7-18(14)29-3/h4-10,12,27H,11H2,1-3H3,(H,24,25,28)/t12-/m0/s1. The molecular formula is C21H21N5O3S. The molecule has 0 bridgehead atoms. The van der Waals surface area contributed by atoms with Crippen LogP contribution < -0.4 is 10.1 Å². The molecule has 8 nitrogen and oxygen atoms in total. The van der Waals surface area contributed by atoms with Crippen molar-refractivity contribution >= 4 is 27.3 Å². The summed E-state index contributed by atoms with van der Waals surface area (Å²) in [7, 11) is 1.60. The minimum absolute atomic E-state index is 0.0145. The summed E-state index contributed by atoms with van der Waals surface area (Å²) in [5.41, 5.74) is 3.53. The van der Waals surface area contributed by atoms with Gasteiger partial charge in [0.15, 0.2) is 0 Å². The third-order valence-electron chi connectivity index (χ3n) is 4.74. The Morgan fingerprint density at radius 1 is 1.33 bits per heavy atom. The molecule has 0 aliphatic carbocycles. The molecule has 3 aromatic heterocycles. The number of rotatable bonds is 6. The Morgan fingerprint density at radius 2 is 2.13 bits per heavy atom. The number of aryl methyl sites for hydroxylation is 1. The summed E-state index contributed by atoms with van der Waals surface area (Å²) in [6.45, 7) is 3.78. The molecule has 154 valence electrons.